The van der Waals surface area contributed by atoms with Gasteiger partial charge in [-0.25, -0.2) is 0 Å². The molecule has 0 aromatic heterocycles. The fourth-order valence-corrected chi connectivity index (χ4v) is 8.30. The van der Waals surface area contributed by atoms with Gasteiger partial charge in [-0.3, -0.25) is 4.55 Å². The first-order valence-corrected chi connectivity index (χ1v) is 19.5. The summed E-state index contributed by atoms with van der Waals surface area (Å²) in [5.74, 6) is 1.92. The third-order valence-corrected chi connectivity index (χ3v) is 11.1. The van der Waals surface area contributed by atoms with E-state index in [-0.39, 0.29) is 22.5 Å². The van der Waals surface area contributed by atoms with Crippen LogP contribution in [0.1, 0.15) is 97.1 Å². The van der Waals surface area contributed by atoms with Gasteiger partial charge in [-0.1, -0.05) is 70.2 Å². The number of benzene rings is 3. The second kappa shape index (κ2) is 15.4. The molecule has 0 fully saturated rings. The Morgan fingerprint density at radius 2 is 1.80 bits per heavy atom. The van der Waals surface area contributed by atoms with E-state index in [9.17, 15) is 13.0 Å². The van der Waals surface area contributed by atoms with Crippen LogP contribution in [0.4, 0.5) is 17.1 Å². The van der Waals surface area contributed by atoms with E-state index in [1.807, 2.05) is 48.5 Å². The van der Waals surface area contributed by atoms with E-state index in [0.717, 1.165) is 79.9 Å². The van der Waals surface area contributed by atoms with Crippen LogP contribution in [0.15, 0.2) is 95.9 Å². The van der Waals surface area contributed by atoms with Crippen molar-refractivity contribution in [1.82, 2.24) is 0 Å². The van der Waals surface area contributed by atoms with Crippen molar-refractivity contribution in [1.29, 1.82) is 0 Å². The van der Waals surface area contributed by atoms with Crippen LogP contribution >= 0.6 is 0 Å². The Morgan fingerprint density at radius 3 is 2.53 bits per heavy atom. The SMILES string of the molecule is CCNc1ccccc1C(C)(C)CCCC1=C(Oc2ccccc2)C(CC=C2N(CCCS(=O)(=O)O)c3ccc(N)cc3C2(C)C)CCC1. The van der Waals surface area contributed by atoms with Gasteiger partial charge in [-0.2, -0.15) is 8.42 Å². The Kier molecular flexibility index (Phi) is 11.5. The number of anilines is 3. The number of rotatable bonds is 15. The highest BCUT2D eigenvalue weighted by Crippen LogP contribution is 2.49. The molecule has 8 heteroatoms. The van der Waals surface area contributed by atoms with Gasteiger partial charge in [0.05, 0.1) is 5.75 Å². The molecular formula is C41H55N3O4S. The lowest BCUT2D eigenvalue weighted by Gasteiger charge is -2.31. The number of nitrogens with two attached hydrogens (primary N) is 1. The van der Waals surface area contributed by atoms with E-state index < -0.39 is 10.1 Å². The molecule has 2 aliphatic rings. The molecular weight excluding hydrogens is 631 g/mol. The van der Waals surface area contributed by atoms with Gasteiger partial charge in [0.1, 0.15) is 11.5 Å². The third kappa shape index (κ3) is 8.89. The van der Waals surface area contributed by atoms with Crippen LogP contribution in [-0.4, -0.2) is 31.8 Å². The maximum Gasteiger partial charge on any atom is 0.264 e. The minimum atomic E-state index is -4.05. The monoisotopic (exact) mass is 685 g/mol. The Balaban J connectivity index is 1.41. The maximum absolute atomic E-state index is 11.6. The number of hydrogen-bond donors (Lipinski definition) is 3. The largest absolute Gasteiger partial charge is 0.461 e. The first-order chi connectivity index (χ1) is 23.3. The summed E-state index contributed by atoms with van der Waals surface area (Å²) in [4.78, 5) is 2.22. The van der Waals surface area contributed by atoms with E-state index in [0.29, 0.717) is 18.7 Å². The number of fused-ring (bicyclic) bond motifs is 1. The lowest BCUT2D eigenvalue weighted by molar-refractivity contribution is 0.301. The van der Waals surface area contributed by atoms with Crippen LogP contribution < -0.4 is 20.7 Å². The van der Waals surface area contributed by atoms with Gasteiger partial charge in [0.25, 0.3) is 10.1 Å². The Bertz CT molecular complexity index is 1760. The minimum absolute atomic E-state index is 0.0313. The predicted molar refractivity (Wildman–Crippen MR) is 204 cm³/mol. The van der Waals surface area contributed by atoms with Crippen molar-refractivity contribution in [2.24, 2.45) is 5.92 Å². The highest BCUT2D eigenvalue weighted by atomic mass is 32.2. The van der Waals surface area contributed by atoms with Crippen molar-refractivity contribution < 1.29 is 17.7 Å². The Morgan fingerprint density at radius 1 is 1.06 bits per heavy atom. The summed E-state index contributed by atoms with van der Waals surface area (Å²) in [6.07, 6.45) is 9.82. The van der Waals surface area contributed by atoms with Crippen LogP contribution in [-0.2, 0) is 20.9 Å². The highest BCUT2D eigenvalue weighted by Gasteiger charge is 2.40. The molecule has 264 valence electrons. The zero-order valence-electron chi connectivity index (χ0n) is 30.0. The molecule has 3 aromatic carbocycles. The van der Waals surface area contributed by atoms with Crippen LogP contribution in [0, 0.1) is 5.92 Å². The summed E-state index contributed by atoms with van der Waals surface area (Å²) in [6, 6.07) is 24.8. The number of allylic oxidation sites excluding steroid dienone is 4. The first-order valence-electron chi connectivity index (χ1n) is 17.9. The van der Waals surface area contributed by atoms with Crippen molar-refractivity contribution >= 4 is 27.2 Å². The van der Waals surface area contributed by atoms with Crippen molar-refractivity contribution in [2.75, 3.05) is 34.8 Å². The number of nitrogens with one attached hydrogen (secondary N) is 1. The molecule has 1 atom stereocenters. The number of hydrogen-bond acceptors (Lipinski definition) is 6. The summed E-state index contributed by atoms with van der Waals surface area (Å²) in [5, 5.41) is 3.55. The van der Waals surface area contributed by atoms with Crippen molar-refractivity contribution in [3.63, 3.8) is 0 Å². The topological polar surface area (TPSA) is 105 Å². The second-order valence-electron chi connectivity index (χ2n) is 14.8. The van der Waals surface area contributed by atoms with Crippen LogP contribution in [0.3, 0.4) is 0 Å². The fourth-order valence-electron chi connectivity index (χ4n) is 7.81. The molecule has 7 nitrogen and oxygen atoms in total. The van der Waals surface area contributed by atoms with Crippen LogP contribution in [0.5, 0.6) is 5.75 Å². The molecule has 1 heterocycles. The van der Waals surface area contributed by atoms with Crippen LogP contribution in [0.2, 0.25) is 0 Å². The number of nitrogen functional groups attached to an aromatic ring is 1. The summed E-state index contributed by atoms with van der Waals surface area (Å²) in [6.45, 7) is 12.6. The number of para-hydroxylation sites is 2. The highest BCUT2D eigenvalue weighted by molar-refractivity contribution is 7.85. The van der Waals surface area contributed by atoms with E-state index in [1.54, 1.807) is 0 Å². The zero-order valence-corrected chi connectivity index (χ0v) is 30.8. The molecule has 1 aliphatic heterocycles. The maximum atomic E-state index is 11.6. The average Bonchev–Trinajstić information content (AvgIpc) is 3.25. The third-order valence-electron chi connectivity index (χ3n) is 10.3. The molecule has 0 bridgehead atoms. The smallest absolute Gasteiger partial charge is 0.264 e. The molecule has 4 N–H and O–H groups in total. The molecule has 1 unspecified atom stereocenters. The van der Waals surface area contributed by atoms with Gasteiger partial charge in [0.15, 0.2) is 0 Å². The average molecular weight is 686 g/mol. The van der Waals surface area contributed by atoms with Gasteiger partial charge in [-0.15, -0.1) is 0 Å². The molecule has 3 aromatic rings. The van der Waals surface area contributed by atoms with Crippen molar-refractivity contribution in [3.8, 4) is 5.75 Å². The van der Waals surface area contributed by atoms with Crippen molar-refractivity contribution in [2.45, 2.75) is 96.8 Å². The minimum Gasteiger partial charge on any atom is -0.461 e. The first kappa shape index (κ1) is 36.5. The van der Waals surface area contributed by atoms with E-state index in [4.69, 9.17) is 10.5 Å². The summed E-state index contributed by atoms with van der Waals surface area (Å²) >= 11 is 0. The zero-order chi connectivity index (χ0) is 35.2. The normalized spacial score (nSPS) is 18.5. The number of ether oxygens (including phenoxy) is 1. The lowest BCUT2D eigenvalue weighted by atomic mass is 9.77. The van der Waals surface area contributed by atoms with Gasteiger partial charge in [-0.05, 0) is 117 Å². The Hall–Kier alpha value is -3.75. The molecule has 0 amide bonds. The van der Waals surface area contributed by atoms with Gasteiger partial charge >= 0.3 is 0 Å². The van der Waals surface area contributed by atoms with Crippen molar-refractivity contribution in [3.05, 3.63) is 107 Å². The number of nitrogens with zero attached hydrogens (tertiary/aromatic N) is 1. The summed E-state index contributed by atoms with van der Waals surface area (Å²) < 4.78 is 39.4. The van der Waals surface area contributed by atoms with Gasteiger partial charge < -0.3 is 20.7 Å². The second-order valence-corrected chi connectivity index (χ2v) is 16.4. The fraction of sp³-hybridized carbons (Fsp3) is 0.463. The summed E-state index contributed by atoms with van der Waals surface area (Å²) in [5.41, 5.74) is 14.0. The van der Waals surface area contributed by atoms with E-state index in [2.05, 4.69) is 75.2 Å². The summed E-state index contributed by atoms with van der Waals surface area (Å²) in [7, 11) is -4.05. The molecule has 0 spiro atoms. The molecule has 49 heavy (non-hydrogen) atoms. The predicted octanol–water partition coefficient (Wildman–Crippen LogP) is 9.63. The van der Waals surface area contributed by atoms with Gasteiger partial charge in [0.2, 0.25) is 0 Å². The standard InChI is InChI=1S/C41H55N3O4S/c1-6-43-36-21-11-10-20-34(36)40(2,3)26-13-17-30-15-12-16-31(39(30)48-33-18-8-7-9-19-33)22-25-38-41(4,5)35-29-32(42)23-24-37(35)44(38)27-14-28-49(45,46)47/h7-11,18-21,23-25,29,31,43H,6,12-17,22,26-28,42H2,1-5H3,(H,45,46,47). The molecule has 0 saturated carbocycles. The van der Waals surface area contributed by atoms with E-state index in [1.165, 1.54) is 16.8 Å². The van der Waals surface area contributed by atoms with Gasteiger partial charge in [0, 0.05) is 47.2 Å². The lowest BCUT2D eigenvalue weighted by Crippen LogP contribution is -2.28. The molecule has 0 saturated heterocycles. The molecule has 1 aliphatic carbocycles. The quantitative estimate of drug-likeness (QED) is 0.108. The van der Waals surface area contributed by atoms with E-state index >= 15 is 0 Å². The Labute approximate surface area is 294 Å². The molecule has 0 radical (unpaired) electrons. The van der Waals surface area contributed by atoms with Crippen LogP contribution in [0.25, 0.3) is 0 Å². The molecule has 5 rings (SSSR count).